The third-order valence-corrected chi connectivity index (χ3v) is 4.29. The SMILES string of the molecule is O=C(Cc1c(Cl)cccc1Cl)C1CCC(F)(F)CC1. The van der Waals surface area contributed by atoms with Gasteiger partial charge in [-0.25, -0.2) is 8.78 Å². The normalized spacial score (nSPS) is 19.4. The summed E-state index contributed by atoms with van der Waals surface area (Å²) >= 11 is 12.0. The van der Waals surface area contributed by atoms with Gasteiger partial charge in [0.1, 0.15) is 5.78 Å². The van der Waals surface area contributed by atoms with Crippen LogP contribution >= 0.6 is 23.2 Å². The van der Waals surface area contributed by atoms with E-state index in [-0.39, 0.29) is 43.8 Å². The molecule has 1 nitrogen and oxygen atoms in total. The fraction of sp³-hybridized carbons (Fsp3) is 0.500. The summed E-state index contributed by atoms with van der Waals surface area (Å²) in [5, 5.41) is 0.893. The van der Waals surface area contributed by atoms with Crippen molar-refractivity contribution in [3.05, 3.63) is 33.8 Å². The molecule has 0 N–H and O–H groups in total. The number of carbonyl (C=O) groups is 1. The van der Waals surface area contributed by atoms with Crippen LogP contribution in [-0.2, 0) is 11.2 Å². The van der Waals surface area contributed by atoms with E-state index in [1.807, 2.05) is 0 Å². The fourth-order valence-corrected chi connectivity index (χ4v) is 2.91. The van der Waals surface area contributed by atoms with Crippen molar-refractivity contribution in [3.63, 3.8) is 0 Å². The predicted molar refractivity (Wildman–Crippen MR) is 72.1 cm³/mol. The maximum atomic E-state index is 13.0. The molecule has 0 atom stereocenters. The van der Waals surface area contributed by atoms with Crippen molar-refractivity contribution in [1.29, 1.82) is 0 Å². The lowest BCUT2D eigenvalue weighted by Gasteiger charge is -2.27. The molecule has 1 saturated carbocycles. The first-order valence-corrected chi connectivity index (χ1v) is 6.98. The number of hydrogen-bond donors (Lipinski definition) is 0. The van der Waals surface area contributed by atoms with Gasteiger partial charge in [0.2, 0.25) is 5.92 Å². The van der Waals surface area contributed by atoms with Crippen LogP contribution in [0.1, 0.15) is 31.2 Å². The van der Waals surface area contributed by atoms with E-state index in [9.17, 15) is 13.6 Å². The number of ketones is 1. The van der Waals surface area contributed by atoms with Crippen molar-refractivity contribution < 1.29 is 13.6 Å². The quantitative estimate of drug-likeness (QED) is 0.774. The van der Waals surface area contributed by atoms with Crippen LogP contribution in [-0.4, -0.2) is 11.7 Å². The van der Waals surface area contributed by atoms with E-state index in [0.717, 1.165) is 0 Å². The maximum absolute atomic E-state index is 13.0. The van der Waals surface area contributed by atoms with Crippen molar-refractivity contribution in [3.8, 4) is 0 Å². The van der Waals surface area contributed by atoms with Crippen LogP contribution in [0, 0.1) is 5.92 Å². The number of carbonyl (C=O) groups excluding carboxylic acids is 1. The summed E-state index contributed by atoms with van der Waals surface area (Å²) in [6, 6.07) is 5.05. The Labute approximate surface area is 120 Å². The zero-order valence-corrected chi connectivity index (χ0v) is 11.8. The summed E-state index contributed by atoms with van der Waals surface area (Å²) in [6.07, 6.45) is 0.190. The standard InChI is InChI=1S/C14H14Cl2F2O/c15-11-2-1-3-12(16)10(11)8-13(19)9-4-6-14(17,18)7-5-9/h1-3,9H,4-8H2. The molecule has 1 aromatic rings. The molecule has 1 aromatic carbocycles. The van der Waals surface area contributed by atoms with Crippen molar-refractivity contribution in [2.45, 2.75) is 38.0 Å². The lowest BCUT2D eigenvalue weighted by atomic mass is 9.82. The molecule has 1 aliphatic carbocycles. The molecule has 0 unspecified atom stereocenters. The van der Waals surface area contributed by atoms with Crippen LogP contribution in [0.5, 0.6) is 0 Å². The van der Waals surface area contributed by atoms with E-state index >= 15 is 0 Å². The Morgan fingerprint density at radius 1 is 1.21 bits per heavy atom. The third-order valence-electron chi connectivity index (χ3n) is 3.59. The highest BCUT2D eigenvalue weighted by Gasteiger charge is 2.37. The smallest absolute Gasteiger partial charge is 0.248 e. The minimum absolute atomic E-state index is 0.0505. The van der Waals surface area contributed by atoms with Crippen molar-refractivity contribution in [2.75, 3.05) is 0 Å². The van der Waals surface area contributed by atoms with E-state index in [1.165, 1.54) is 0 Å². The van der Waals surface area contributed by atoms with E-state index < -0.39 is 5.92 Å². The number of alkyl halides is 2. The van der Waals surface area contributed by atoms with Crippen LogP contribution < -0.4 is 0 Å². The molecule has 0 spiro atoms. The number of hydrogen-bond acceptors (Lipinski definition) is 1. The van der Waals surface area contributed by atoms with Gasteiger partial charge in [-0.1, -0.05) is 29.3 Å². The van der Waals surface area contributed by atoms with E-state index in [0.29, 0.717) is 15.6 Å². The molecule has 0 heterocycles. The van der Waals surface area contributed by atoms with Gasteiger partial charge >= 0.3 is 0 Å². The van der Waals surface area contributed by atoms with Crippen LogP contribution in [0.25, 0.3) is 0 Å². The van der Waals surface area contributed by atoms with E-state index in [2.05, 4.69) is 0 Å². The molecule has 104 valence electrons. The molecule has 0 saturated heterocycles. The predicted octanol–water partition coefficient (Wildman–Crippen LogP) is 4.93. The second-order valence-corrected chi connectivity index (χ2v) is 5.79. The molecule has 0 bridgehead atoms. The average Bonchev–Trinajstić information content (AvgIpc) is 2.33. The van der Waals surface area contributed by atoms with Gasteiger partial charge in [0.15, 0.2) is 0 Å². The van der Waals surface area contributed by atoms with Crippen LogP contribution in [0.15, 0.2) is 18.2 Å². The second-order valence-electron chi connectivity index (χ2n) is 4.97. The van der Waals surface area contributed by atoms with Gasteiger partial charge in [-0.15, -0.1) is 0 Å². The Morgan fingerprint density at radius 3 is 2.26 bits per heavy atom. The largest absolute Gasteiger partial charge is 0.299 e. The molecule has 1 fully saturated rings. The summed E-state index contributed by atoms with van der Waals surface area (Å²) < 4.78 is 26.1. The van der Waals surface area contributed by atoms with Gasteiger partial charge < -0.3 is 0 Å². The lowest BCUT2D eigenvalue weighted by Crippen LogP contribution is -2.29. The van der Waals surface area contributed by atoms with Gasteiger partial charge in [0.25, 0.3) is 0 Å². The zero-order valence-electron chi connectivity index (χ0n) is 10.3. The zero-order chi connectivity index (χ0) is 14.0. The van der Waals surface area contributed by atoms with Crippen molar-refractivity contribution in [1.82, 2.24) is 0 Å². The summed E-state index contributed by atoms with van der Waals surface area (Å²) in [5.41, 5.74) is 0.591. The Hall–Kier alpha value is -0.670. The fourth-order valence-electron chi connectivity index (χ4n) is 2.38. The summed E-state index contributed by atoms with van der Waals surface area (Å²) in [6.45, 7) is 0. The molecule has 2 rings (SSSR count). The van der Waals surface area contributed by atoms with Gasteiger partial charge in [-0.05, 0) is 30.5 Å². The molecule has 5 heteroatoms. The summed E-state index contributed by atoms with van der Waals surface area (Å²) in [7, 11) is 0. The number of halogens is 4. The second kappa shape index (κ2) is 5.76. The summed E-state index contributed by atoms with van der Waals surface area (Å²) in [4.78, 5) is 12.1. The third kappa shape index (κ3) is 3.67. The highest BCUT2D eigenvalue weighted by molar-refractivity contribution is 6.36. The molecule has 0 aromatic heterocycles. The number of Topliss-reactive ketones (excluding diaryl/α,β-unsaturated/α-hetero) is 1. The molecule has 1 aliphatic rings. The Morgan fingerprint density at radius 2 is 1.74 bits per heavy atom. The molecule has 0 aliphatic heterocycles. The van der Waals surface area contributed by atoms with Crippen molar-refractivity contribution >= 4 is 29.0 Å². The van der Waals surface area contributed by atoms with Crippen molar-refractivity contribution in [2.24, 2.45) is 5.92 Å². The summed E-state index contributed by atoms with van der Waals surface area (Å²) in [5.74, 6) is -2.96. The monoisotopic (exact) mass is 306 g/mol. The molecular weight excluding hydrogens is 293 g/mol. The molecule has 0 radical (unpaired) electrons. The van der Waals surface area contributed by atoms with Crippen LogP contribution in [0.2, 0.25) is 10.0 Å². The first-order chi connectivity index (χ1) is 8.89. The highest BCUT2D eigenvalue weighted by Crippen LogP contribution is 2.37. The van der Waals surface area contributed by atoms with E-state index in [1.54, 1.807) is 18.2 Å². The minimum Gasteiger partial charge on any atom is -0.299 e. The maximum Gasteiger partial charge on any atom is 0.248 e. The Balaban J connectivity index is 2.02. The van der Waals surface area contributed by atoms with Gasteiger partial charge in [0, 0.05) is 35.2 Å². The van der Waals surface area contributed by atoms with Gasteiger partial charge in [0.05, 0.1) is 0 Å². The first kappa shape index (κ1) is 14.7. The van der Waals surface area contributed by atoms with Crippen LogP contribution in [0.4, 0.5) is 8.78 Å². The van der Waals surface area contributed by atoms with E-state index in [4.69, 9.17) is 23.2 Å². The van der Waals surface area contributed by atoms with Gasteiger partial charge in [-0.2, -0.15) is 0 Å². The Kier molecular flexibility index (Phi) is 4.46. The highest BCUT2D eigenvalue weighted by atomic mass is 35.5. The molecule has 0 amide bonds. The lowest BCUT2D eigenvalue weighted by molar-refractivity contribution is -0.126. The van der Waals surface area contributed by atoms with Crippen LogP contribution in [0.3, 0.4) is 0 Å². The first-order valence-electron chi connectivity index (χ1n) is 6.22. The molecular formula is C14H14Cl2F2O. The average molecular weight is 307 g/mol. The minimum atomic E-state index is -2.61. The van der Waals surface area contributed by atoms with Gasteiger partial charge in [-0.3, -0.25) is 4.79 Å². The topological polar surface area (TPSA) is 17.1 Å². The molecule has 19 heavy (non-hydrogen) atoms. The number of benzene rings is 1. The number of rotatable bonds is 3. The Bertz CT molecular complexity index is 458.